The number of hydrogen-bond acceptors (Lipinski definition) is 5. The van der Waals surface area contributed by atoms with Crippen molar-refractivity contribution in [3.63, 3.8) is 0 Å². The van der Waals surface area contributed by atoms with Crippen LogP contribution in [0.1, 0.15) is 11.3 Å². The largest absolute Gasteiger partial charge is 0.487 e. The van der Waals surface area contributed by atoms with Crippen LogP contribution in [0.4, 0.5) is 5.69 Å². The van der Waals surface area contributed by atoms with Crippen LogP contribution in [0.3, 0.4) is 0 Å². The Morgan fingerprint density at radius 1 is 1.00 bits per heavy atom. The highest BCUT2D eigenvalue weighted by molar-refractivity contribution is 6.42. The molecular formula is C23H17Cl3N2O4. The highest BCUT2D eigenvalue weighted by Crippen LogP contribution is 2.33. The molecule has 0 aliphatic carbocycles. The molecule has 9 heteroatoms. The standard InChI is InChI=1S/C23H17Cl3N2O4/c24-16-11-19(25)23(20(26)12-16)28-21(29)14-32-22(30)9-6-15-4-7-18(8-5-15)31-13-17-3-1-2-10-27-17/h1-12H,13-14H2,(H,28,29). The summed E-state index contributed by atoms with van der Waals surface area (Å²) < 4.78 is 10.6. The van der Waals surface area contributed by atoms with E-state index < -0.39 is 18.5 Å². The van der Waals surface area contributed by atoms with E-state index in [1.807, 2.05) is 18.2 Å². The van der Waals surface area contributed by atoms with E-state index >= 15 is 0 Å². The van der Waals surface area contributed by atoms with E-state index in [-0.39, 0.29) is 15.7 Å². The fraction of sp³-hybridized carbons (Fsp3) is 0.0870. The molecule has 0 atom stereocenters. The number of pyridine rings is 1. The van der Waals surface area contributed by atoms with E-state index in [1.54, 1.807) is 36.5 Å². The van der Waals surface area contributed by atoms with Crippen LogP contribution in [0.15, 0.2) is 66.9 Å². The summed E-state index contributed by atoms with van der Waals surface area (Å²) in [5.74, 6) is -0.595. The number of carbonyl (C=O) groups is 2. The first-order valence-corrected chi connectivity index (χ1v) is 10.5. The van der Waals surface area contributed by atoms with Crippen LogP contribution < -0.4 is 10.1 Å². The van der Waals surface area contributed by atoms with Gasteiger partial charge in [0.15, 0.2) is 6.61 Å². The molecule has 1 N–H and O–H groups in total. The molecular weight excluding hydrogens is 475 g/mol. The van der Waals surface area contributed by atoms with Gasteiger partial charge < -0.3 is 14.8 Å². The molecule has 3 aromatic rings. The molecule has 0 aliphatic rings. The average molecular weight is 492 g/mol. The van der Waals surface area contributed by atoms with Crippen molar-refractivity contribution in [3.05, 3.63) is 93.2 Å². The molecule has 1 amide bonds. The van der Waals surface area contributed by atoms with Gasteiger partial charge in [-0.25, -0.2) is 4.79 Å². The molecule has 0 unspecified atom stereocenters. The van der Waals surface area contributed by atoms with E-state index in [1.165, 1.54) is 18.2 Å². The van der Waals surface area contributed by atoms with Crippen LogP contribution >= 0.6 is 34.8 Å². The van der Waals surface area contributed by atoms with Crippen molar-refractivity contribution in [3.8, 4) is 5.75 Å². The molecule has 0 aliphatic heterocycles. The smallest absolute Gasteiger partial charge is 0.331 e. The lowest BCUT2D eigenvalue weighted by Crippen LogP contribution is -2.20. The number of ether oxygens (including phenoxy) is 2. The number of nitrogens with zero attached hydrogens (tertiary/aromatic N) is 1. The number of rotatable bonds is 8. The minimum absolute atomic E-state index is 0.175. The highest BCUT2D eigenvalue weighted by atomic mass is 35.5. The summed E-state index contributed by atoms with van der Waals surface area (Å²) in [5, 5.41) is 3.17. The van der Waals surface area contributed by atoms with Gasteiger partial charge in [-0.2, -0.15) is 0 Å². The van der Waals surface area contributed by atoms with Gasteiger partial charge in [0.25, 0.3) is 5.91 Å². The normalized spacial score (nSPS) is 10.7. The molecule has 1 aromatic heterocycles. The minimum atomic E-state index is -0.677. The van der Waals surface area contributed by atoms with Gasteiger partial charge in [-0.15, -0.1) is 0 Å². The van der Waals surface area contributed by atoms with Crippen molar-refractivity contribution in [2.75, 3.05) is 11.9 Å². The van der Waals surface area contributed by atoms with E-state index in [2.05, 4.69) is 10.3 Å². The van der Waals surface area contributed by atoms with E-state index in [0.29, 0.717) is 17.4 Å². The summed E-state index contributed by atoms with van der Waals surface area (Å²) in [6, 6.07) is 15.6. The van der Waals surface area contributed by atoms with Crippen molar-refractivity contribution < 1.29 is 19.1 Å². The monoisotopic (exact) mass is 490 g/mol. The van der Waals surface area contributed by atoms with Crippen LogP contribution in [0, 0.1) is 0 Å². The van der Waals surface area contributed by atoms with E-state index in [0.717, 1.165) is 11.3 Å². The fourth-order valence-electron chi connectivity index (χ4n) is 2.50. The number of amides is 1. The molecule has 0 bridgehead atoms. The Bertz CT molecular complexity index is 1100. The van der Waals surface area contributed by atoms with Gasteiger partial charge in [0.1, 0.15) is 12.4 Å². The molecule has 164 valence electrons. The topological polar surface area (TPSA) is 77.5 Å². The van der Waals surface area contributed by atoms with Gasteiger partial charge >= 0.3 is 5.97 Å². The van der Waals surface area contributed by atoms with Crippen molar-refractivity contribution >= 4 is 58.4 Å². The van der Waals surface area contributed by atoms with Crippen molar-refractivity contribution in [1.29, 1.82) is 0 Å². The molecule has 0 saturated carbocycles. The Labute approximate surface area is 199 Å². The third-order valence-electron chi connectivity index (χ3n) is 4.02. The number of anilines is 1. The zero-order valence-electron chi connectivity index (χ0n) is 16.6. The number of carbonyl (C=O) groups excluding carboxylic acids is 2. The van der Waals surface area contributed by atoms with E-state index in [4.69, 9.17) is 44.3 Å². The molecule has 0 saturated heterocycles. The Morgan fingerprint density at radius 2 is 1.72 bits per heavy atom. The molecule has 1 heterocycles. The predicted octanol–water partition coefficient (Wildman–Crippen LogP) is 5.82. The maximum atomic E-state index is 12.0. The number of nitrogens with one attached hydrogen (secondary N) is 1. The molecule has 2 aromatic carbocycles. The maximum absolute atomic E-state index is 12.0. The number of aromatic nitrogens is 1. The summed E-state index contributed by atoms with van der Waals surface area (Å²) in [5.41, 5.74) is 1.78. The van der Waals surface area contributed by atoms with Crippen molar-refractivity contribution in [2.24, 2.45) is 0 Å². The molecule has 0 radical (unpaired) electrons. The Balaban J connectivity index is 1.45. The van der Waals surface area contributed by atoms with Crippen LogP contribution in [-0.2, 0) is 20.9 Å². The Hall–Kier alpha value is -3.06. The van der Waals surface area contributed by atoms with Crippen LogP contribution in [0.25, 0.3) is 6.08 Å². The molecule has 0 spiro atoms. The molecule has 3 rings (SSSR count). The zero-order chi connectivity index (χ0) is 22.9. The average Bonchev–Trinajstić information content (AvgIpc) is 2.78. The van der Waals surface area contributed by atoms with Gasteiger partial charge in [0, 0.05) is 17.3 Å². The van der Waals surface area contributed by atoms with Gasteiger partial charge in [0.2, 0.25) is 0 Å². The SMILES string of the molecule is O=C(COC(=O)C=Cc1ccc(OCc2ccccn2)cc1)Nc1c(Cl)cc(Cl)cc1Cl. The van der Waals surface area contributed by atoms with E-state index in [9.17, 15) is 9.59 Å². The van der Waals surface area contributed by atoms with Gasteiger partial charge in [-0.3, -0.25) is 9.78 Å². The Kier molecular flexibility index (Phi) is 8.50. The minimum Gasteiger partial charge on any atom is -0.487 e. The number of halogens is 3. The quantitative estimate of drug-likeness (QED) is 0.317. The lowest BCUT2D eigenvalue weighted by molar-refractivity contribution is -0.142. The third kappa shape index (κ3) is 7.27. The summed E-state index contributed by atoms with van der Waals surface area (Å²) in [6.45, 7) is -0.143. The summed E-state index contributed by atoms with van der Waals surface area (Å²) >= 11 is 17.8. The molecule has 0 fully saturated rings. The lowest BCUT2D eigenvalue weighted by Gasteiger charge is -2.09. The number of benzene rings is 2. The van der Waals surface area contributed by atoms with Crippen LogP contribution in [0.5, 0.6) is 5.75 Å². The number of esters is 1. The fourth-order valence-corrected chi connectivity index (χ4v) is 3.41. The summed E-state index contributed by atoms with van der Waals surface area (Å²) in [4.78, 5) is 28.1. The molecule has 6 nitrogen and oxygen atoms in total. The van der Waals surface area contributed by atoms with Crippen molar-refractivity contribution in [1.82, 2.24) is 4.98 Å². The van der Waals surface area contributed by atoms with Crippen LogP contribution in [0.2, 0.25) is 15.1 Å². The first kappa shape index (κ1) is 23.6. The highest BCUT2D eigenvalue weighted by Gasteiger charge is 2.12. The number of hydrogen-bond donors (Lipinski definition) is 1. The lowest BCUT2D eigenvalue weighted by atomic mass is 10.2. The Morgan fingerprint density at radius 3 is 2.38 bits per heavy atom. The summed E-state index contributed by atoms with van der Waals surface area (Å²) in [6.07, 6.45) is 4.49. The van der Waals surface area contributed by atoms with Gasteiger partial charge in [0.05, 0.1) is 21.4 Å². The van der Waals surface area contributed by atoms with Crippen molar-refractivity contribution in [2.45, 2.75) is 6.61 Å². The molecule has 32 heavy (non-hydrogen) atoms. The third-order valence-corrected chi connectivity index (χ3v) is 4.84. The zero-order valence-corrected chi connectivity index (χ0v) is 18.8. The first-order valence-electron chi connectivity index (χ1n) is 9.33. The summed E-state index contributed by atoms with van der Waals surface area (Å²) in [7, 11) is 0. The maximum Gasteiger partial charge on any atom is 0.331 e. The van der Waals surface area contributed by atoms with Gasteiger partial charge in [-0.1, -0.05) is 53.0 Å². The predicted molar refractivity (Wildman–Crippen MR) is 125 cm³/mol. The van der Waals surface area contributed by atoms with Crippen LogP contribution in [-0.4, -0.2) is 23.5 Å². The second-order valence-corrected chi connectivity index (χ2v) is 7.66. The second kappa shape index (κ2) is 11.5. The first-order chi connectivity index (χ1) is 15.4. The van der Waals surface area contributed by atoms with Gasteiger partial charge in [-0.05, 0) is 48.0 Å². The second-order valence-electron chi connectivity index (χ2n) is 6.41.